The smallest absolute Gasteiger partial charge is 0.231 e. The van der Waals surface area contributed by atoms with Crippen LogP contribution in [0.4, 0.5) is 0 Å². The van der Waals surface area contributed by atoms with E-state index in [1.807, 2.05) is 61.2 Å². The summed E-state index contributed by atoms with van der Waals surface area (Å²) in [5, 5.41) is 0. The summed E-state index contributed by atoms with van der Waals surface area (Å²) in [5.41, 5.74) is 2.02. The topological polar surface area (TPSA) is 48.0 Å². The lowest BCUT2D eigenvalue weighted by molar-refractivity contribution is -0.130. The van der Waals surface area contributed by atoms with Gasteiger partial charge in [0.2, 0.25) is 12.7 Å². The number of likely N-dealkylation sites (N-methyl/N-ethyl adjacent to an activating group) is 1. The van der Waals surface area contributed by atoms with Crippen molar-refractivity contribution in [2.24, 2.45) is 0 Å². The van der Waals surface area contributed by atoms with Crippen molar-refractivity contribution in [2.75, 3.05) is 19.9 Å². The van der Waals surface area contributed by atoms with Crippen LogP contribution in [0.2, 0.25) is 0 Å². The fourth-order valence-corrected chi connectivity index (χ4v) is 2.79. The SMILES string of the molecule is CCOc1ccc(CC(=O)N(CC)Cc2ccc3c(c2)OCO3)cc1. The van der Waals surface area contributed by atoms with Gasteiger partial charge < -0.3 is 19.1 Å². The number of fused-ring (bicyclic) bond motifs is 1. The molecule has 5 heteroatoms. The highest BCUT2D eigenvalue weighted by Gasteiger charge is 2.17. The summed E-state index contributed by atoms with van der Waals surface area (Å²) in [6.45, 7) is 6.05. The number of carbonyl (C=O) groups excluding carboxylic acids is 1. The molecule has 0 aliphatic carbocycles. The fraction of sp³-hybridized carbons (Fsp3) is 0.350. The van der Waals surface area contributed by atoms with Crippen molar-refractivity contribution in [3.8, 4) is 17.2 Å². The average molecular weight is 341 g/mol. The molecule has 2 aromatic carbocycles. The molecule has 0 saturated carbocycles. The Morgan fingerprint density at radius 3 is 2.48 bits per heavy atom. The number of carbonyl (C=O) groups is 1. The third-order valence-electron chi connectivity index (χ3n) is 4.13. The van der Waals surface area contributed by atoms with Gasteiger partial charge in [-0.3, -0.25) is 4.79 Å². The molecule has 0 bridgehead atoms. The maximum absolute atomic E-state index is 12.6. The molecule has 5 nitrogen and oxygen atoms in total. The van der Waals surface area contributed by atoms with E-state index in [9.17, 15) is 4.79 Å². The van der Waals surface area contributed by atoms with E-state index >= 15 is 0 Å². The van der Waals surface area contributed by atoms with Crippen molar-refractivity contribution in [1.29, 1.82) is 0 Å². The molecule has 0 spiro atoms. The Morgan fingerprint density at radius 2 is 1.76 bits per heavy atom. The van der Waals surface area contributed by atoms with Gasteiger partial charge in [-0.25, -0.2) is 0 Å². The van der Waals surface area contributed by atoms with Gasteiger partial charge in [0.1, 0.15) is 5.75 Å². The van der Waals surface area contributed by atoms with Gasteiger partial charge in [-0.1, -0.05) is 18.2 Å². The van der Waals surface area contributed by atoms with Gasteiger partial charge in [-0.2, -0.15) is 0 Å². The maximum Gasteiger partial charge on any atom is 0.231 e. The number of nitrogens with zero attached hydrogens (tertiary/aromatic N) is 1. The van der Waals surface area contributed by atoms with Crippen LogP contribution < -0.4 is 14.2 Å². The number of ether oxygens (including phenoxy) is 3. The van der Waals surface area contributed by atoms with Crippen LogP contribution >= 0.6 is 0 Å². The molecule has 1 heterocycles. The molecular weight excluding hydrogens is 318 g/mol. The van der Waals surface area contributed by atoms with Crippen LogP contribution in [0.25, 0.3) is 0 Å². The molecule has 2 aromatic rings. The Balaban J connectivity index is 1.62. The van der Waals surface area contributed by atoms with Gasteiger partial charge in [0, 0.05) is 13.1 Å². The first kappa shape index (κ1) is 17.1. The number of hydrogen-bond donors (Lipinski definition) is 0. The van der Waals surface area contributed by atoms with Crippen LogP contribution in [0.5, 0.6) is 17.2 Å². The van der Waals surface area contributed by atoms with Crippen molar-refractivity contribution in [2.45, 2.75) is 26.8 Å². The first-order valence-electron chi connectivity index (χ1n) is 8.57. The molecule has 0 saturated heterocycles. The quantitative estimate of drug-likeness (QED) is 0.774. The standard InChI is InChI=1S/C20H23NO4/c1-3-21(13-16-7-10-18-19(11-16)25-14-24-18)20(22)12-15-5-8-17(9-6-15)23-4-2/h5-11H,3-4,12-14H2,1-2H3. The minimum absolute atomic E-state index is 0.101. The van der Waals surface area contributed by atoms with Gasteiger partial charge >= 0.3 is 0 Å². The monoisotopic (exact) mass is 341 g/mol. The number of hydrogen-bond acceptors (Lipinski definition) is 4. The lowest BCUT2D eigenvalue weighted by Crippen LogP contribution is -2.31. The maximum atomic E-state index is 12.6. The molecule has 0 radical (unpaired) electrons. The van der Waals surface area contributed by atoms with Gasteiger partial charge in [0.15, 0.2) is 11.5 Å². The minimum atomic E-state index is 0.101. The molecule has 25 heavy (non-hydrogen) atoms. The Labute approximate surface area is 148 Å². The minimum Gasteiger partial charge on any atom is -0.494 e. The lowest BCUT2D eigenvalue weighted by atomic mass is 10.1. The molecule has 1 amide bonds. The highest BCUT2D eigenvalue weighted by atomic mass is 16.7. The highest BCUT2D eigenvalue weighted by Crippen LogP contribution is 2.32. The Morgan fingerprint density at radius 1 is 1.04 bits per heavy atom. The predicted molar refractivity (Wildman–Crippen MR) is 95.0 cm³/mol. The van der Waals surface area contributed by atoms with Gasteiger partial charge in [-0.15, -0.1) is 0 Å². The molecule has 1 aliphatic heterocycles. The van der Waals surface area contributed by atoms with Crippen LogP contribution in [0.15, 0.2) is 42.5 Å². The Bertz CT molecular complexity index is 727. The van der Waals surface area contributed by atoms with Gasteiger partial charge in [-0.05, 0) is 49.2 Å². The largest absolute Gasteiger partial charge is 0.494 e. The Hall–Kier alpha value is -2.69. The predicted octanol–water partition coefficient (Wildman–Crippen LogP) is 3.41. The van der Waals surface area contributed by atoms with E-state index in [1.54, 1.807) is 0 Å². The van der Waals surface area contributed by atoms with Crippen LogP contribution in [0.3, 0.4) is 0 Å². The summed E-state index contributed by atoms with van der Waals surface area (Å²) >= 11 is 0. The summed E-state index contributed by atoms with van der Waals surface area (Å²) < 4.78 is 16.2. The molecule has 0 fully saturated rings. The summed E-state index contributed by atoms with van der Waals surface area (Å²) in [4.78, 5) is 14.5. The summed E-state index contributed by atoms with van der Waals surface area (Å²) in [6, 6.07) is 13.5. The zero-order chi connectivity index (χ0) is 17.6. The van der Waals surface area contributed by atoms with E-state index in [1.165, 1.54) is 0 Å². The zero-order valence-corrected chi connectivity index (χ0v) is 14.7. The Kier molecular flexibility index (Phi) is 5.43. The molecule has 0 atom stereocenters. The zero-order valence-electron chi connectivity index (χ0n) is 14.7. The molecule has 3 rings (SSSR count). The number of amides is 1. The van der Waals surface area contributed by atoms with Crippen LogP contribution in [-0.4, -0.2) is 30.8 Å². The van der Waals surface area contributed by atoms with Crippen molar-refractivity contribution < 1.29 is 19.0 Å². The second-order valence-electron chi connectivity index (χ2n) is 5.85. The summed E-state index contributed by atoms with van der Waals surface area (Å²) in [6.07, 6.45) is 0.380. The first-order valence-corrected chi connectivity index (χ1v) is 8.57. The van der Waals surface area contributed by atoms with Crippen LogP contribution in [-0.2, 0) is 17.8 Å². The van der Waals surface area contributed by atoms with Crippen molar-refractivity contribution in [3.05, 3.63) is 53.6 Å². The molecule has 0 aromatic heterocycles. The van der Waals surface area contributed by atoms with Crippen LogP contribution in [0, 0.1) is 0 Å². The first-order chi connectivity index (χ1) is 12.2. The lowest BCUT2D eigenvalue weighted by Gasteiger charge is -2.21. The van der Waals surface area contributed by atoms with Gasteiger partial charge in [0.25, 0.3) is 0 Å². The molecule has 1 aliphatic rings. The number of rotatable bonds is 7. The van der Waals surface area contributed by atoms with Gasteiger partial charge in [0.05, 0.1) is 13.0 Å². The van der Waals surface area contributed by atoms with E-state index in [0.717, 1.165) is 28.4 Å². The van der Waals surface area contributed by atoms with Crippen molar-refractivity contribution in [3.63, 3.8) is 0 Å². The van der Waals surface area contributed by atoms with E-state index in [-0.39, 0.29) is 12.7 Å². The van der Waals surface area contributed by atoms with Crippen molar-refractivity contribution >= 4 is 5.91 Å². The highest BCUT2D eigenvalue weighted by molar-refractivity contribution is 5.78. The second kappa shape index (κ2) is 7.92. The van der Waals surface area contributed by atoms with E-state index in [0.29, 0.717) is 26.1 Å². The molecular formula is C20H23NO4. The number of benzene rings is 2. The average Bonchev–Trinajstić information content (AvgIpc) is 3.09. The van der Waals surface area contributed by atoms with E-state index < -0.39 is 0 Å². The molecule has 0 unspecified atom stereocenters. The van der Waals surface area contributed by atoms with Crippen LogP contribution in [0.1, 0.15) is 25.0 Å². The summed E-state index contributed by atoms with van der Waals surface area (Å²) in [7, 11) is 0. The summed E-state index contributed by atoms with van der Waals surface area (Å²) in [5.74, 6) is 2.43. The molecule has 132 valence electrons. The third-order valence-corrected chi connectivity index (χ3v) is 4.13. The molecule has 0 N–H and O–H groups in total. The normalized spacial score (nSPS) is 12.1. The fourth-order valence-electron chi connectivity index (χ4n) is 2.79. The van der Waals surface area contributed by atoms with Crippen molar-refractivity contribution in [1.82, 2.24) is 4.90 Å². The van der Waals surface area contributed by atoms with E-state index in [4.69, 9.17) is 14.2 Å². The second-order valence-corrected chi connectivity index (χ2v) is 5.85. The third kappa shape index (κ3) is 4.24. The van der Waals surface area contributed by atoms with E-state index in [2.05, 4.69) is 0 Å².